The molecular formula is C19H30N4O2S. The first-order valence-electron chi connectivity index (χ1n) is 8.73. The Hall–Kier alpha value is -1.83. The Morgan fingerprint density at radius 2 is 2.15 bits per heavy atom. The number of hydrogen-bond donors (Lipinski definition) is 1. The van der Waals surface area contributed by atoms with Gasteiger partial charge in [-0.1, -0.05) is 0 Å². The molecule has 2 aromatic rings. The minimum Gasteiger partial charge on any atom is -0.379 e. The molecule has 2 aromatic heterocycles. The molecule has 144 valence electrons. The number of morpholine rings is 1. The van der Waals surface area contributed by atoms with Crippen molar-refractivity contribution in [2.75, 3.05) is 32.1 Å². The number of hydrogen-bond acceptors (Lipinski definition) is 7. The fraction of sp³-hybridized carbons (Fsp3) is 0.526. The molecule has 0 aromatic carbocycles. The molecule has 0 radical (unpaired) electrons. The Balaban J connectivity index is 0.000000258. The Labute approximate surface area is 160 Å². The molecule has 1 unspecified atom stereocenters. The Kier molecular flexibility index (Phi) is 10.7. The fourth-order valence-corrected chi connectivity index (χ4v) is 3.17. The zero-order chi connectivity index (χ0) is 19.4. The molecule has 26 heavy (non-hydrogen) atoms. The van der Waals surface area contributed by atoms with E-state index in [9.17, 15) is 0 Å². The van der Waals surface area contributed by atoms with Crippen LogP contribution in [0.5, 0.6) is 0 Å². The van der Waals surface area contributed by atoms with Crippen molar-refractivity contribution in [3.05, 3.63) is 40.7 Å². The summed E-state index contributed by atoms with van der Waals surface area (Å²) in [5.74, 6) is 0. The van der Waals surface area contributed by atoms with E-state index in [-0.39, 0.29) is 0 Å². The molecule has 1 aliphatic heterocycles. The monoisotopic (exact) mass is 378 g/mol. The summed E-state index contributed by atoms with van der Waals surface area (Å²) in [5, 5.41) is 4.05. The topological polar surface area (TPSA) is 67.4 Å². The van der Waals surface area contributed by atoms with Crippen molar-refractivity contribution in [3.8, 4) is 0 Å². The lowest BCUT2D eigenvalue weighted by molar-refractivity contribution is -0.106. The summed E-state index contributed by atoms with van der Waals surface area (Å²) in [7, 11) is 1.90. The largest absolute Gasteiger partial charge is 0.379 e. The van der Waals surface area contributed by atoms with Crippen LogP contribution >= 0.6 is 11.3 Å². The van der Waals surface area contributed by atoms with Gasteiger partial charge in [0.25, 0.3) is 0 Å². The number of carbonyl (C=O) groups is 1. The molecule has 6 nitrogen and oxygen atoms in total. The first-order valence-corrected chi connectivity index (χ1v) is 9.55. The van der Waals surface area contributed by atoms with E-state index in [1.807, 2.05) is 32.4 Å². The quantitative estimate of drug-likeness (QED) is 0.827. The van der Waals surface area contributed by atoms with Gasteiger partial charge in [0.15, 0.2) is 5.13 Å². The third kappa shape index (κ3) is 8.51. The van der Waals surface area contributed by atoms with Crippen LogP contribution in [0.15, 0.2) is 24.5 Å². The van der Waals surface area contributed by atoms with Gasteiger partial charge in [-0.15, -0.1) is 11.3 Å². The minimum atomic E-state index is 0.513. The van der Waals surface area contributed by atoms with E-state index in [2.05, 4.69) is 40.1 Å². The van der Waals surface area contributed by atoms with E-state index in [0.717, 1.165) is 43.4 Å². The molecule has 1 aliphatic rings. The van der Waals surface area contributed by atoms with E-state index < -0.39 is 0 Å². The average Bonchev–Trinajstić information content (AvgIpc) is 3.06. The van der Waals surface area contributed by atoms with Crippen molar-refractivity contribution < 1.29 is 9.53 Å². The van der Waals surface area contributed by atoms with Crippen molar-refractivity contribution in [2.45, 2.75) is 40.3 Å². The maximum atomic E-state index is 8.81. The molecule has 3 heterocycles. The van der Waals surface area contributed by atoms with E-state index in [4.69, 9.17) is 9.53 Å². The zero-order valence-corrected chi connectivity index (χ0v) is 17.2. The fourth-order valence-electron chi connectivity index (χ4n) is 2.38. The first kappa shape index (κ1) is 22.2. The van der Waals surface area contributed by atoms with Gasteiger partial charge >= 0.3 is 0 Å². The van der Waals surface area contributed by atoms with E-state index in [0.29, 0.717) is 6.04 Å². The third-order valence-electron chi connectivity index (χ3n) is 3.68. The van der Waals surface area contributed by atoms with Crippen molar-refractivity contribution in [3.63, 3.8) is 0 Å². The Bertz CT molecular complexity index is 631. The second-order valence-corrected chi connectivity index (χ2v) is 7.10. The number of thiazole rings is 1. The zero-order valence-electron chi connectivity index (χ0n) is 16.4. The van der Waals surface area contributed by atoms with E-state index >= 15 is 0 Å². The van der Waals surface area contributed by atoms with Crippen LogP contribution in [0.4, 0.5) is 5.13 Å². The van der Waals surface area contributed by atoms with Crippen LogP contribution in [0.2, 0.25) is 0 Å². The molecule has 1 fully saturated rings. The predicted molar refractivity (Wildman–Crippen MR) is 108 cm³/mol. The van der Waals surface area contributed by atoms with Crippen LogP contribution in [0, 0.1) is 13.8 Å². The Morgan fingerprint density at radius 1 is 1.42 bits per heavy atom. The summed E-state index contributed by atoms with van der Waals surface area (Å²) in [6.45, 7) is 11.4. The molecule has 7 heteroatoms. The lowest BCUT2D eigenvalue weighted by Gasteiger charge is -2.32. The smallest absolute Gasteiger partial charge is 0.182 e. The second kappa shape index (κ2) is 12.5. The van der Waals surface area contributed by atoms with Gasteiger partial charge in [-0.3, -0.25) is 9.88 Å². The molecule has 3 rings (SSSR count). The molecule has 1 atom stereocenters. The third-order valence-corrected chi connectivity index (χ3v) is 4.68. The normalized spacial score (nSPS) is 16.6. The van der Waals surface area contributed by atoms with Crippen molar-refractivity contribution in [2.24, 2.45) is 0 Å². The molecule has 0 spiro atoms. The van der Waals surface area contributed by atoms with Crippen LogP contribution in [-0.2, 0) is 16.1 Å². The van der Waals surface area contributed by atoms with Gasteiger partial charge < -0.3 is 14.8 Å². The molecule has 1 saturated heterocycles. The van der Waals surface area contributed by atoms with Crippen LogP contribution in [0.25, 0.3) is 0 Å². The maximum absolute atomic E-state index is 8.81. The van der Waals surface area contributed by atoms with Gasteiger partial charge in [0, 0.05) is 49.1 Å². The summed E-state index contributed by atoms with van der Waals surface area (Å²) < 4.78 is 5.41. The number of ether oxygens (including phenoxy) is 1. The summed E-state index contributed by atoms with van der Waals surface area (Å²) in [6.07, 6.45) is 4.53. The van der Waals surface area contributed by atoms with Gasteiger partial charge in [-0.2, -0.15) is 0 Å². The summed E-state index contributed by atoms with van der Waals surface area (Å²) >= 11 is 1.72. The lowest BCUT2D eigenvalue weighted by atomic mass is 10.2. The molecule has 0 saturated carbocycles. The van der Waals surface area contributed by atoms with Gasteiger partial charge in [0.1, 0.15) is 6.29 Å². The Morgan fingerprint density at radius 3 is 2.65 bits per heavy atom. The molecule has 0 aliphatic carbocycles. The SMILES string of the molecule is CC=O.CNc1ncc(CN2CCOCC2C)s1.Cc1ccnc(C)c1. The average molecular weight is 379 g/mol. The highest BCUT2D eigenvalue weighted by atomic mass is 32.1. The number of anilines is 1. The van der Waals surface area contributed by atoms with Crippen molar-refractivity contribution in [1.29, 1.82) is 0 Å². The number of rotatable bonds is 3. The van der Waals surface area contributed by atoms with Crippen molar-refractivity contribution in [1.82, 2.24) is 14.9 Å². The standard InChI is InChI=1S/C10H17N3OS.C7H9N.C2H4O/c1-8-7-14-4-3-13(8)6-9-5-12-10(11-2)15-9;1-6-3-4-8-7(2)5-6;1-2-3/h5,8H,3-4,6-7H2,1-2H3,(H,11,12);3-5H,1-2H3;2H,1H3. The maximum Gasteiger partial charge on any atom is 0.182 e. The van der Waals surface area contributed by atoms with Gasteiger partial charge in [0.2, 0.25) is 0 Å². The first-order chi connectivity index (χ1) is 12.5. The van der Waals surface area contributed by atoms with Gasteiger partial charge in [-0.05, 0) is 45.4 Å². The number of pyridine rings is 1. The molecule has 0 bridgehead atoms. The lowest BCUT2D eigenvalue weighted by Crippen LogP contribution is -2.42. The van der Waals surface area contributed by atoms with E-state index in [1.165, 1.54) is 17.4 Å². The number of aromatic nitrogens is 2. The van der Waals surface area contributed by atoms with Crippen LogP contribution < -0.4 is 5.32 Å². The molecule has 1 N–H and O–H groups in total. The van der Waals surface area contributed by atoms with Crippen LogP contribution in [0.1, 0.15) is 30.0 Å². The highest BCUT2D eigenvalue weighted by Crippen LogP contribution is 2.20. The summed E-state index contributed by atoms with van der Waals surface area (Å²) in [5.41, 5.74) is 2.36. The highest BCUT2D eigenvalue weighted by molar-refractivity contribution is 7.15. The molecule has 0 amide bonds. The van der Waals surface area contributed by atoms with Crippen LogP contribution in [-0.4, -0.2) is 54.0 Å². The summed E-state index contributed by atoms with van der Waals surface area (Å²) in [4.78, 5) is 20.9. The number of aldehydes is 1. The number of aryl methyl sites for hydroxylation is 2. The highest BCUT2D eigenvalue weighted by Gasteiger charge is 2.19. The van der Waals surface area contributed by atoms with Crippen molar-refractivity contribution >= 4 is 22.8 Å². The van der Waals surface area contributed by atoms with Gasteiger partial charge in [0.05, 0.1) is 13.2 Å². The number of nitrogens with zero attached hydrogens (tertiary/aromatic N) is 3. The second-order valence-electron chi connectivity index (χ2n) is 5.99. The summed E-state index contributed by atoms with van der Waals surface area (Å²) in [6, 6.07) is 4.56. The van der Waals surface area contributed by atoms with E-state index in [1.54, 1.807) is 11.3 Å². The number of nitrogens with one attached hydrogen (secondary N) is 1. The minimum absolute atomic E-state index is 0.513. The number of carbonyl (C=O) groups excluding carboxylic acids is 1. The van der Waals surface area contributed by atoms with Crippen LogP contribution in [0.3, 0.4) is 0 Å². The van der Waals surface area contributed by atoms with Gasteiger partial charge in [-0.25, -0.2) is 4.98 Å². The molecular weight excluding hydrogens is 348 g/mol. The predicted octanol–water partition coefficient (Wildman–Crippen LogP) is 3.31.